The lowest BCUT2D eigenvalue weighted by Crippen LogP contribution is -2.40. The first-order valence-electron chi connectivity index (χ1n) is 8.30. The Morgan fingerprint density at radius 1 is 1.15 bits per heavy atom. The number of nitrogens with zero attached hydrogens (tertiary/aromatic N) is 1. The molecule has 142 valence electrons. The monoisotopic (exact) mass is 431 g/mol. The Morgan fingerprint density at radius 3 is 2.52 bits per heavy atom. The van der Waals surface area contributed by atoms with Crippen molar-refractivity contribution in [1.82, 2.24) is 10.9 Å². The maximum absolute atomic E-state index is 12.3. The van der Waals surface area contributed by atoms with Crippen molar-refractivity contribution >= 4 is 33.4 Å². The average Bonchev–Trinajstić information content (AvgIpc) is 2.65. The first kappa shape index (κ1) is 20.5. The van der Waals surface area contributed by atoms with E-state index in [1.54, 1.807) is 13.1 Å². The van der Waals surface area contributed by atoms with Gasteiger partial charge in [-0.2, -0.15) is 0 Å². The van der Waals surface area contributed by atoms with Gasteiger partial charge >= 0.3 is 0 Å². The third-order valence-electron chi connectivity index (χ3n) is 3.71. The smallest absolute Gasteiger partial charge is 0.276 e. The van der Waals surface area contributed by atoms with Crippen LogP contribution in [0.4, 0.5) is 5.69 Å². The van der Waals surface area contributed by atoms with Gasteiger partial charge < -0.3 is 15.1 Å². The van der Waals surface area contributed by atoms with Gasteiger partial charge in [0.25, 0.3) is 5.91 Å². The van der Waals surface area contributed by atoms with E-state index in [1.807, 2.05) is 49.4 Å². The normalized spacial score (nSPS) is 10.0. The van der Waals surface area contributed by atoms with E-state index in [1.165, 1.54) is 4.90 Å². The lowest BCUT2D eigenvalue weighted by atomic mass is 10.2. The number of halogens is 1. The highest BCUT2D eigenvalue weighted by molar-refractivity contribution is 9.10. The van der Waals surface area contributed by atoms with E-state index < -0.39 is 0 Å². The maximum Gasteiger partial charge on any atom is 0.276 e. The zero-order chi connectivity index (χ0) is 19.8. The molecule has 2 aromatic rings. The van der Waals surface area contributed by atoms with Gasteiger partial charge in [0.2, 0.25) is 5.91 Å². The fourth-order valence-corrected chi connectivity index (χ4v) is 2.81. The molecule has 0 atom stereocenters. The van der Waals surface area contributed by atoms with Crippen LogP contribution in [0.15, 0.2) is 65.3 Å². The van der Waals surface area contributed by atoms with E-state index in [-0.39, 0.29) is 24.8 Å². The van der Waals surface area contributed by atoms with Gasteiger partial charge in [-0.15, -0.1) is 0 Å². The molecular weight excluding hydrogens is 410 g/mol. The summed E-state index contributed by atoms with van der Waals surface area (Å²) in [5, 5.41) is 0. The summed E-state index contributed by atoms with van der Waals surface area (Å²) in [7, 11) is 1.69. The number of para-hydroxylation sites is 1. The van der Waals surface area contributed by atoms with Gasteiger partial charge in [0.15, 0.2) is 6.61 Å². The number of hydrogen-bond donors (Lipinski definition) is 2. The predicted octanol–water partition coefficient (Wildman–Crippen LogP) is 3.32. The van der Waals surface area contributed by atoms with Crippen molar-refractivity contribution in [2.45, 2.75) is 13.3 Å². The van der Waals surface area contributed by atoms with E-state index in [0.29, 0.717) is 11.4 Å². The number of aryl methyl sites for hydroxylation is 1. The molecule has 0 saturated carbocycles. The topological polar surface area (TPSA) is 70.7 Å². The lowest BCUT2D eigenvalue weighted by Gasteiger charge is -2.18. The van der Waals surface area contributed by atoms with Crippen LogP contribution in [-0.4, -0.2) is 25.5 Å². The van der Waals surface area contributed by atoms with Gasteiger partial charge in [-0.05, 0) is 52.7 Å². The van der Waals surface area contributed by atoms with Crippen LogP contribution >= 0.6 is 15.9 Å². The van der Waals surface area contributed by atoms with Gasteiger partial charge in [0.05, 0.1) is 10.9 Å². The lowest BCUT2D eigenvalue weighted by molar-refractivity contribution is -0.124. The molecule has 2 N–H and O–H groups in total. The number of hydrazine groups is 1. The Balaban J connectivity index is 1.74. The number of nitrogens with one attached hydrogen (secondary N) is 2. The second-order valence-corrected chi connectivity index (χ2v) is 6.82. The van der Waals surface area contributed by atoms with Crippen LogP contribution in [0.3, 0.4) is 0 Å². The molecule has 0 unspecified atom stereocenters. The zero-order valence-electron chi connectivity index (χ0n) is 15.3. The Hall–Kier alpha value is -2.80. The van der Waals surface area contributed by atoms with Crippen molar-refractivity contribution in [3.63, 3.8) is 0 Å². The highest BCUT2D eigenvalue weighted by Crippen LogP contribution is 2.25. The molecule has 2 amide bonds. The standard InChI is InChI=1S/C20H22BrN3O3/c1-14-9-10-18(17(21)11-14)27-13-19(25)23-22-15(2)12-20(26)24(3)16-7-5-4-6-8-16/h4-11,22H,2,12-13H2,1,3H3,(H,23,25). The summed E-state index contributed by atoms with van der Waals surface area (Å²) in [6.07, 6.45) is 0.0516. The molecule has 0 heterocycles. The summed E-state index contributed by atoms with van der Waals surface area (Å²) in [6.45, 7) is 5.56. The molecular formula is C20H22BrN3O3. The summed E-state index contributed by atoms with van der Waals surface area (Å²) < 4.78 is 6.24. The first-order chi connectivity index (χ1) is 12.9. The van der Waals surface area contributed by atoms with Crippen LogP contribution in [0.25, 0.3) is 0 Å². The third kappa shape index (κ3) is 6.45. The maximum atomic E-state index is 12.3. The van der Waals surface area contributed by atoms with Crippen LogP contribution in [0.2, 0.25) is 0 Å². The van der Waals surface area contributed by atoms with Crippen molar-refractivity contribution in [2.24, 2.45) is 0 Å². The number of anilines is 1. The molecule has 0 aliphatic heterocycles. The van der Waals surface area contributed by atoms with Crippen molar-refractivity contribution < 1.29 is 14.3 Å². The van der Waals surface area contributed by atoms with Crippen molar-refractivity contribution in [2.75, 3.05) is 18.6 Å². The van der Waals surface area contributed by atoms with Crippen LogP contribution in [0, 0.1) is 6.92 Å². The average molecular weight is 432 g/mol. The van der Waals surface area contributed by atoms with E-state index in [4.69, 9.17) is 4.74 Å². The number of hydrogen-bond acceptors (Lipinski definition) is 4. The van der Waals surface area contributed by atoms with Crippen molar-refractivity contribution in [3.05, 3.63) is 70.8 Å². The van der Waals surface area contributed by atoms with Crippen molar-refractivity contribution in [1.29, 1.82) is 0 Å². The van der Waals surface area contributed by atoms with Gasteiger partial charge in [-0.25, -0.2) is 0 Å². The number of ether oxygens (including phenoxy) is 1. The Kier molecular flexibility index (Phi) is 7.43. The Bertz CT molecular complexity index is 824. The number of amides is 2. The minimum Gasteiger partial charge on any atom is -0.483 e. The molecule has 6 nitrogen and oxygen atoms in total. The van der Waals surface area contributed by atoms with E-state index in [0.717, 1.165) is 15.7 Å². The van der Waals surface area contributed by atoms with E-state index in [2.05, 4.69) is 33.4 Å². The zero-order valence-corrected chi connectivity index (χ0v) is 16.9. The largest absolute Gasteiger partial charge is 0.483 e. The molecule has 0 aliphatic carbocycles. The SMILES string of the molecule is C=C(CC(=O)N(C)c1ccccc1)NNC(=O)COc1ccc(C)cc1Br. The fraction of sp³-hybridized carbons (Fsp3) is 0.200. The van der Waals surface area contributed by atoms with Gasteiger partial charge in [0.1, 0.15) is 5.75 Å². The van der Waals surface area contributed by atoms with E-state index >= 15 is 0 Å². The first-order valence-corrected chi connectivity index (χ1v) is 9.09. The van der Waals surface area contributed by atoms with Gasteiger partial charge in [-0.3, -0.25) is 15.0 Å². The Morgan fingerprint density at radius 2 is 1.85 bits per heavy atom. The molecule has 2 aromatic carbocycles. The second-order valence-electron chi connectivity index (χ2n) is 5.96. The molecule has 0 aliphatic rings. The number of rotatable bonds is 8. The molecule has 0 bridgehead atoms. The fourth-order valence-electron chi connectivity index (χ4n) is 2.20. The minimum atomic E-state index is -0.382. The van der Waals surface area contributed by atoms with Crippen molar-refractivity contribution in [3.8, 4) is 5.75 Å². The minimum absolute atomic E-state index is 0.0516. The van der Waals surface area contributed by atoms with Crippen LogP contribution in [0.5, 0.6) is 5.75 Å². The van der Waals surface area contributed by atoms with Gasteiger partial charge in [0, 0.05) is 18.4 Å². The quantitative estimate of drug-likeness (QED) is 0.628. The number of benzene rings is 2. The molecule has 7 heteroatoms. The molecule has 27 heavy (non-hydrogen) atoms. The highest BCUT2D eigenvalue weighted by atomic mass is 79.9. The summed E-state index contributed by atoms with van der Waals surface area (Å²) in [5.74, 6) is 0.0505. The molecule has 0 fully saturated rings. The molecule has 0 spiro atoms. The molecule has 0 radical (unpaired) electrons. The summed E-state index contributed by atoms with van der Waals surface area (Å²) in [4.78, 5) is 25.7. The second kappa shape index (κ2) is 9.78. The highest BCUT2D eigenvalue weighted by Gasteiger charge is 2.12. The summed E-state index contributed by atoms with van der Waals surface area (Å²) >= 11 is 3.39. The molecule has 0 aromatic heterocycles. The number of carbonyl (C=O) groups excluding carboxylic acids is 2. The van der Waals surface area contributed by atoms with Crippen LogP contribution in [0.1, 0.15) is 12.0 Å². The third-order valence-corrected chi connectivity index (χ3v) is 4.33. The Labute approximate surface area is 167 Å². The molecule has 0 saturated heterocycles. The van der Waals surface area contributed by atoms with Crippen LogP contribution < -0.4 is 20.5 Å². The molecule has 2 rings (SSSR count). The predicted molar refractivity (Wildman–Crippen MR) is 109 cm³/mol. The summed E-state index contributed by atoms with van der Waals surface area (Å²) in [6, 6.07) is 14.9. The van der Waals surface area contributed by atoms with Gasteiger partial charge in [-0.1, -0.05) is 30.8 Å². The van der Waals surface area contributed by atoms with E-state index in [9.17, 15) is 9.59 Å². The number of carbonyl (C=O) groups is 2. The summed E-state index contributed by atoms with van der Waals surface area (Å²) in [5.41, 5.74) is 7.37. The van der Waals surface area contributed by atoms with Crippen LogP contribution in [-0.2, 0) is 9.59 Å².